The molecule has 0 aliphatic heterocycles. The van der Waals surface area contributed by atoms with Crippen molar-refractivity contribution in [2.24, 2.45) is 0 Å². The van der Waals surface area contributed by atoms with Gasteiger partial charge in [0.2, 0.25) is 0 Å². The minimum Gasteiger partial charge on any atom is -0.460 e. The molecule has 1 aromatic carbocycles. The summed E-state index contributed by atoms with van der Waals surface area (Å²) in [7, 11) is 1.35. The summed E-state index contributed by atoms with van der Waals surface area (Å²) in [5.74, 6) is -0.0832. The van der Waals surface area contributed by atoms with Crippen molar-refractivity contribution in [1.29, 1.82) is 0 Å². The summed E-state index contributed by atoms with van der Waals surface area (Å²) < 4.78 is 24.0. The number of hydrogen-bond acceptors (Lipinski definition) is 8. The molecule has 11 heteroatoms. The Kier molecular flexibility index (Phi) is 6.26. The Hall–Kier alpha value is -3.27. The van der Waals surface area contributed by atoms with Gasteiger partial charge >= 0.3 is 12.1 Å². The zero-order valence-corrected chi connectivity index (χ0v) is 17.4. The topological polar surface area (TPSA) is 111 Å². The minimum atomic E-state index is -0.505. The van der Waals surface area contributed by atoms with Crippen LogP contribution in [0, 0.1) is 5.82 Å². The molecule has 2 heterocycles. The predicted molar refractivity (Wildman–Crippen MR) is 112 cm³/mol. The highest BCUT2D eigenvalue weighted by Crippen LogP contribution is 2.27. The summed E-state index contributed by atoms with van der Waals surface area (Å²) in [6.07, 6.45) is 5.50. The maximum absolute atomic E-state index is 13.4. The van der Waals surface area contributed by atoms with Crippen LogP contribution in [-0.4, -0.2) is 45.3 Å². The van der Waals surface area contributed by atoms with Crippen molar-refractivity contribution in [1.82, 2.24) is 25.3 Å². The summed E-state index contributed by atoms with van der Waals surface area (Å²) >= 11 is 5.85. The molecule has 1 amide bonds. The van der Waals surface area contributed by atoms with E-state index in [9.17, 15) is 9.18 Å². The molecule has 3 aromatic rings. The van der Waals surface area contributed by atoms with Crippen LogP contribution in [0.15, 0.2) is 30.7 Å². The van der Waals surface area contributed by atoms with E-state index in [4.69, 9.17) is 16.3 Å². The average molecular weight is 447 g/mol. The van der Waals surface area contributed by atoms with Gasteiger partial charge in [-0.3, -0.25) is 0 Å². The Balaban J connectivity index is 1.47. The van der Waals surface area contributed by atoms with Crippen molar-refractivity contribution in [3.8, 4) is 6.01 Å². The number of hydrogen-bond donors (Lipinski definition) is 2. The maximum atomic E-state index is 13.4. The lowest BCUT2D eigenvalue weighted by Crippen LogP contribution is -2.39. The highest BCUT2D eigenvalue weighted by atomic mass is 35.5. The molecule has 4 rings (SSSR count). The number of benzene rings is 1. The maximum Gasteiger partial charge on any atom is 0.407 e. The van der Waals surface area contributed by atoms with Gasteiger partial charge in [0.15, 0.2) is 5.82 Å². The van der Waals surface area contributed by atoms with E-state index in [0.29, 0.717) is 22.5 Å². The first kappa shape index (κ1) is 21.0. The molecule has 1 aliphatic carbocycles. The van der Waals surface area contributed by atoms with Crippen molar-refractivity contribution in [2.75, 3.05) is 12.4 Å². The predicted octanol–water partition coefficient (Wildman–Crippen LogP) is 4.00. The van der Waals surface area contributed by atoms with Crippen molar-refractivity contribution >= 4 is 40.2 Å². The van der Waals surface area contributed by atoms with Gasteiger partial charge in [0, 0.05) is 11.7 Å². The van der Waals surface area contributed by atoms with Crippen LogP contribution < -0.4 is 15.4 Å². The summed E-state index contributed by atoms with van der Waals surface area (Å²) in [4.78, 5) is 28.5. The first-order chi connectivity index (χ1) is 15.0. The zero-order valence-electron chi connectivity index (χ0n) is 16.6. The lowest BCUT2D eigenvalue weighted by molar-refractivity contribution is 0.121. The van der Waals surface area contributed by atoms with Crippen molar-refractivity contribution in [3.63, 3.8) is 0 Å². The smallest absolute Gasteiger partial charge is 0.407 e. The Labute approximate surface area is 182 Å². The summed E-state index contributed by atoms with van der Waals surface area (Å²) in [5.41, 5.74) is 1.56. The highest BCUT2D eigenvalue weighted by Gasteiger charge is 2.24. The fourth-order valence-electron chi connectivity index (χ4n) is 3.40. The van der Waals surface area contributed by atoms with E-state index in [1.54, 1.807) is 12.3 Å². The molecule has 2 aromatic heterocycles. The number of rotatable bonds is 5. The third kappa shape index (κ3) is 5.08. The van der Waals surface area contributed by atoms with Gasteiger partial charge in [-0.15, -0.1) is 0 Å². The Morgan fingerprint density at radius 3 is 2.74 bits per heavy atom. The molecule has 0 unspecified atom stereocenters. The third-order valence-corrected chi connectivity index (χ3v) is 5.28. The lowest BCUT2D eigenvalue weighted by Gasteiger charge is -2.28. The fraction of sp³-hybridized carbons (Fsp3) is 0.350. The van der Waals surface area contributed by atoms with E-state index in [2.05, 4.69) is 35.3 Å². The number of fused-ring (bicyclic) bond motifs is 1. The first-order valence-corrected chi connectivity index (χ1v) is 10.1. The van der Waals surface area contributed by atoms with Gasteiger partial charge in [-0.05, 0) is 43.9 Å². The zero-order chi connectivity index (χ0) is 21.8. The molecule has 2 N–H and O–H groups in total. The van der Waals surface area contributed by atoms with Gasteiger partial charge in [0.1, 0.15) is 29.3 Å². The van der Waals surface area contributed by atoms with E-state index in [1.807, 2.05) is 0 Å². The van der Waals surface area contributed by atoms with Crippen molar-refractivity contribution < 1.29 is 18.7 Å². The van der Waals surface area contributed by atoms with Gasteiger partial charge in [0.05, 0.1) is 18.3 Å². The number of aromatic nitrogens is 4. The molecule has 0 atom stereocenters. The van der Waals surface area contributed by atoms with Crippen molar-refractivity contribution in [2.45, 2.75) is 37.8 Å². The van der Waals surface area contributed by atoms with E-state index in [-0.39, 0.29) is 23.2 Å². The van der Waals surface area contributed by atoms with Crippen LogP contribution >= 0.6 is 11.6 Å². The summed E-state index contributed by atoms with van der Waals surface area (Å²) in [6.45, 7) is 0. The van der Waals surface area contributed by atoms with Crippen LogP contribution in [0.3, 0.4) is 0 Å². The van der Waals surface area contributed by atoms with Crippen molar-refractivity contribution in [3.05, 3.63) is 41.6 Å². The molecule has 31 heavy (non-hydrogen) atoms. The number of nitrogens with zero attached hydrogens (tertiary/aromatic N) is 4. The number of anilines is 2. The fourth-order valence-corrected chi connectivity index (χ4v) is 3.58. The summed E-state index contributed by atoms with van der Waals surface area (Å²) in [5, 5.41) is 5.88. The summed E-state index contributed by atoms with van der Waals surface area (Å²) in [6, 6.07) is 4.56. The van der Waals surface area contributed by atoms with Gasteiger partial charge in [-0.2, -0.15) is 4.98 Å². The molecule has 1 aliphatic rings. The molecule has 9 nitrogen and oxygen atoms in total. The number of carbonyl (C=O) groups is 1. The molecular weight excluding hydrogens is 427 g/mol. The highest BCUT2D eigenvalue weighted by molar-refractivity contribution is 6.31. The van der Waals surface area contributed by atoms with Gasteiger partial charge in [-0.25, -0.2) is 24.1 Å². The molecular formula is C20H20ClFN6O3. The molecule has 0 bridgehead atoms. The van der Waals surface area contributed by atoms with E-state index in [1.165, 1.54) is 25.6 Å². The molecule has 0 saturated heterocycles. The standard InChI is InChI=1S/C20H20ClFN6O3/c1-30-20(29)27-11-2-5-13(6-3-11)31-19-23-9-16-17(28-19)18(25-10-24-16)26-12-4-7-15(22)14(21)8-12/h4,7-11,13H,2-3,5-6H2,1H3,(H,27,29)(H,24,25,26). The van der Waals surface area contributed by atoms with Crippen LogP contribution in [0.4, 0.5) is 20.7 Å². The van der Waals surface area contributed by atoms with E-state index in [0.717, 1.165) is 25.7 Å². The Bertz CT molecular complexity index is 1090. The van der Waals surface area contributed by atoms with Crippen LogP contribution in [0.2, 0.25) is 5.02 Å². The third-order valence-electron chi connectivity index (χ3n) is 4.99. The lowest BCUT2D eigenvalue weighted by atomic mass is 9.93. The second-order valence-electron chi connectivity index (χ2n) is 7.09. The normalized spacial score (nSPS) is 18.4. The number of methoxy groups -OCH3 is 1. The van der Waals surface area contributed by atoms with Gasteiger partial charge in [-0.1, -0.05) is 11.6 Å². The Morgan fingerprint density at radius 1 is 1.19 bits per heavy atom. The van der Waals surface area contributed by atoms with E-state index < -0.39 is 11.9 Å². The number of amides is 1. The van der Waals surface area contributed by atoms with Gasteiger partial charge in [0.25, 0.3) is 0 Å². The first-order valence-electron chi connectivity index (χ1n) is 9.73. The number of halogens is 2. The number of nitrogens with one attached hydrogen (secondary N) is 2. The number of alkyl carbamates (subject to hydrolysis) is 1. The SMILES string of the molecule is COC(=O)NC1CCC(Oc2ncc3ncnc(Nc4ccc(F)c(Cl)c4)c3n2)CC1. The average Bonchev–Trinajstić information content (AvgIpc) is 2.78. The largest absolute Gasteiger partial charge is 0.460 e. The second kappa shape index (κ2) is 9.25. The monoisotopic (exact) mass is 446 g/mol. The molecule has 0 spiro atoms. The van der Waals surface area contributed by atoms with Crippen LogP contribution in [0.1, 0.15) is 25.7 Å². The van der Waals surface area contributed by atoms with Gasteiger partial charge < -0.3 is 20.1 Å². The Morgan fingerprint density at radius 2 is 2.00 bits per heavy atom. The number of ether oxygens (including phenoxy) is 2. The van der Waals surface area contributed by atoms with E-state index >= 15 is 0 Å². The van der Waals surface area contributed by atoms with Crippen LogP contribution in [0.5, 0.6) is 6.01 Å². The molecule has 162 valence electrons. The minimum absolute atomic E-state index is 0.000647. The molecule has 0 radical (unpaired) electrons. The molecule has 1 fully saturated rings. The van der Waals surface area contributed by atoms with Crippen LogP contribution in [-0.2, 0) is 4.74 Å². The molecule has 1 saturated carbocycles. The quantitative estimate of drug-likeness (QED) is 0.604. The number of carbonyl (C=O) groups excluding carboxylic acids is 1. The second-order valence-corrected chi connectivity index (χ2v) is 7.50. The van der Waals surface area contributed by atoms with Crippen LogP contribution in [0.25, 0.3) is 11.0 Å².